The molecular weight excluding hydrogens is 478 g/mol. The summed E-state index contributed by atoms with van der Waals surface area (Å²) in [7, 11) is -1.55. The molecule has 1 aliphatic rings. The van der Waals surface area contributed by atoms with Crippen molar-refractivity contribution in [3.05, 3.63) is 66.2 Å². The number of H-pyrrole nitrogens is 1. The van der Waals surface area contributed by atoms with E-state index in [0.29, 0.717) is 55.8 Å². The number of aromatic amines is 1. The summed E-state index contributed by atoms with van der Waals surface area (Å²) in [5.41, 5.74) is 3.37. The molecule has 10 heteroatoms. The lowest BCUT2D eigenvalue weighted by Crippen LogP contribution is -2.49. The van der Waals surface area contributed by atoms with Crippen molar-refractivity contribution in [2.75, 3.05) is 43.9 Å². The number of anilines is 1. The first-order valence-corrected chi connectivity index (χ1v) is 13.5. The number of imidazole rings is 1. The molecule has 0 saturated carbocycles. The Hall–Kier alpha value is -3.63. The number of benzene rings is 2. The summed E-state index contributed by atoms with van der Waals surface area (Å²) in [6.45, 7) is 4.23. The van der Waals surface area contributed by atoms with Crippen LogP contribution in [0.15, 0.2) is 60.7 Å². The Labute approximate surface area is 210 Å². The molecule has 1 aliphatic heterocycles. The molecule has 36 heavy (non-hydrogen) atoms. The van der Waals surface area contributed by atoms with Crippen LogP contribution in [-0.4, -0.2) is 66.7 Å². The molecule has 3 heterocycles. The van der Waals surface area contributed by atoms with Gasteiger partial charge >= 0.3 is 0 Å². The normalized spacial score (nSPS) is 14.8. The van der Waals surface area contributed by atoms with E-state index in [9.17, 15) is 8.42 Å². The van der Waals surface area contributed by atoms with E-state index in [4.69, 9.17) is 19.4 Å². The van der Waals surface area contributed by atoms with Crippen molar-refractivity contribution in [2.45, 2.75) is 13.5 Å². The lowest BCUT2D eigenvalue weighted by molar-refractivity contribution is 0.284. The van der Waals surface area contributed by atoms with E-state index >= 15 is 0 Å². The maximum absolute atomic E-state index is 12.1. The van der Waals surface area contributed by atoms with Crippen LogP contribution in [0.25, 0.3) is 22.6 Å². The van der Waals surface area contributed by atoms with Crippen LogP contribution in [0, 0.1) is 0 Å². The number of ether oxygens (including phenoxy) is 2. The van der Waals surface area contributed by atoms with Gasteiger partial charge in [0.25, 0.3) is 0 Å². The predicted octanol–water partition coefficient (Wildman–Crippen LogP) is 3.68. The number of fused-ring (bicyclic) bond motifs is 1. The highest BCUT2D eigenvalue weighted by Crippen LogP contribution is 2.33. The third kappa shape index (κ3) is 5.00. The summed E-state index contributed by atoms with van der Waals surface area (Å²) in [5.74, 6) is 2.87. The van der Waals surface area contributed by atoms with Crippen molar-refractivity contribution in [3.63, 3.8) is 0 Å². The van der Waals surface area contributed by atoms with Crippen LogP contribution in [0.2, 0.25) is 0 Å². The Kier molecular flexibility index (Phi) is 6.80. The lowest BCUT2D eigenvalue weighted by Gasteiger charge is -2.34. The number of hydrogen-bond acceptors (Lipinski definition) is 7. The molecule has 5 rings (SSSR count). The minimum Gasteiger partial charge on any atom is -0.493 e. The molecule has 0 atom stereocenters. The Bertz CT molecular complexity index is 1450. The largest absolute Gasteiger partial charge is 0.493 e. The summed E-state index contributed by atoms with van der Waals surface area (Å²) in [6, 6.07) is 19.6. The fourth-order valence-electron chi connectivity index (χ4n) is 4.24. The minimum atomic E-state index is -3.17. The molecule has 1 saturated heterocycles. The number of sulfonamides is 1. The monoisotopic (exact) mass is 507 g/mol. The molecule has 1 N–H and O–H groups in total. The second kappa shape index (κ2) is 10.2. The number of nitrogens with one attached hydrogen (secondary N) is 1. The van der Waals surface area contributed by atoms with E-state index in [1.807, 2.05) is 60.7 Å². The van der Waals surface area contributed by atoms with E-state index in [-0.39, 0.29) is 5.75 Å². The van der Waals surface area contributed by atoms with Crippen LogP contribution in [0.1, 0.15) is 12.5 Å². The van der Waals surface area contributed by atoms with Crippen LogP contribution in [-0.2, 0) is 16.6 Å². The first kappa shape index (κ1) is 24.1. The molecule has 0 amide bonds. The zero-order valence-corrected chi connectivity index (χ0v) is 21.2. The highest BCUT2D eigenvalue weighted by Gasteiger charge is 2.26. The summed E-state index contributed by atoms with van der Waals surface area (Å²) >= 11 is 0. The molecule has 0 radical (unpaired) electrons. The van der Waals surface area contributed by atoms with Gasteiger partial charge in [-0.25, -0.2) is 18.4 Å². The van der Waals surface area contributed by atoms with E-state index < -0.39 is 10.0 Å². The van der Waals surface area contributed by atoms with Crippen molar-refractivity contribution in [1.29, 1.82) is 0 Å². The second-order valence-electron chi connectivity index (χ2n) is 8.55. The summed E-state index contributed by atoms with van der Waals surface area (Å²) < 4.78 is 37.4. The van der Waals surface area contributed by atoms with Crippen LogP contribution in [0.5, 0.6) is 11.5 Å². The zero-order valence-electron chi connectivity index (χ0n) is 20.3. The number of hydrogen-bond donors (Lipinski definition) is 1. The molecule has 0 unspecified atom stereocenters. The van der Waals surface area contributed by atoms with Gasteiger partial charge < -0.3 is 19.4 Å². The molecule has 9 nitrogen and oxygen atoms in total. The van der Waals surface area contributed by atoms with E-state index in [1.54, 1.807) is 18.3 Å². The van der Waals surface area contributed by atoms with Crippen LogP contribution in [0.3, 0.4) is 0 Å². The van der Waals surface area contributed by atoms with Crippen molar-refractivity contribution < 1.29 is 17.9 Å². The number of pyridine rings is 1. The van der Waals surface area contributed by atoms with Gasteiger partial charge in [-0.2, -0.15) is 4.31 Å². The van der Waals surface area contributed by atoms with Crippen molar-refractivity contribution in [2.24, 2.45) is 0 Å². The molecular formula is C26H29N5O4S. The fourth-order valence-corrected chi connectivity index (χ4v) is 5.33. The van der Waals surface area contributed by atoms with Gasteiger partial charge in [-0.15, -0.1) is 0 Å². The number of methoxy groups -OCH3 is 1. The Balaban J connectivity index is 1.32. The highest BCUT2D eigenvalue weighted by molar-refractivity contribution is 7.89. The van der Waals surface area contributed by atoms with E-state index in [1.165, 1.54) is 0 Å². The zero-order chi connectivity index (χ0) is 25.1. The van der Waals surface area contributed by atoms with Gasteiger partial charge in [-0.1, -0.05) is 30.3 Å². The molecule has 188 valence electrons. The number of aromatic nitrogens is 3. The molecule has 0 aliphatic carbocycles. The summed E-state index contributed by atoms with van der Waals surface area (Å²) in [4.78, 5) is 14.9. The number of nitrogens with zero attached hydrogens (tertiary/aromatic N) is 4. The van der Waals surface area contributed by atoms with Crippen LogP contribution >= 0.6 is 0 Å². The molecule has 0 bridgehead atoms. The Morgan fingerprint density at radius 1 is 0.944 bits per heavy atom. The van der Waals surface area contributed by atoms with E-state index in [0.717, 1.165) is 22.5 Å². The minimum absolute atomic E-state index is 0.123. The first-order chi connectivity index (χ1) is 17.5. The topological polar surface area (TPSA) is 101 Å². The third-order valence-corrected chi connectivity index (χ3v) is 8.21. The molecule has 0 spiro atoms. The average molecular weight is 508 g/mol. The standard InChI is InChI=1S/C26H29N5O4S/c1-3-36(32,33)31-15-13-30(14-16-31)24-12-10-21-26(28-24)29-25(27-21)20-9-11-22(23(17-20)34-2)35-18-19-7-5-4-6-8-19/h4-12,17H,3,13-16,18H2,1-2H3,(H,27,28,29). The number of piperazine rings is 1. The van der Waals surface area contributed by atoms with Gasteiger partial charge in [0.1, 0.15) is 18.2 Å². The third-order valence-electron chi connectivity index (χ3n) is 6.33. The highest BCUT2D eigenvalue weighted by atomic mass is 32.2. The molecule has 4 aromatic rings. The summed E-state index contributed by atoms with van der Waals surface area (Å²) in [5, 5.41) is 0. The maximum Gasteiger partial charge on any atom is 0.213 e. The molecule has 2 aromatic heterocycles. The van der Waals surface area contributed by atoms with Crippen molar-refractivity contribution >= 4 is 27.0 Å². The number of rotatable bonds is 8. The van der Waals surface area contributed by atoms with Crippen molar-refractivity contribution in [3.8, 4) is 22.9 Å². The fraction of sp³-hybridized carbons (Fsp3) is 0.308. The average Bonchev–Trinajstić information content (AvgIpc) is 3.36. The van der Waals surface area contributed by atoms with E-state index in [2.05, 4.69) is 9.88 Å². The van der Waals surface area contributed by atoms with Gasteiger partial charge in [-0.3, -0.25) is 0 Å². The SMILES string of the molecule is CCS(=O)(=O)N1CCN(c2ccc3[nH]c(-c4ccc(OCc5ccccc5)c(OC)c4)nc3n2)CC1. The van der Waals surface area contributed by atoms with Crippen molar-refractivity contribution in [1.82, 2.24) is 19.3 Å². The Morgan fingerprint density at radius 3 is 2.44 bits per heavy atom. The quantitative estimate of drug-likeness (QED) is 0.388. The first-order valence-electron chi connectivity index (χ1n) is 11.9. The molecule has 2 aromatic carbocycles. The smallest absolute Gasteiger partial charge is 0.213 e. The summed E-state index contributed by atoms with van der Waals surface area (Å²) in [6.07, 6.45) is 0. The second-order valence-corrected chi connectivity index (χ2v) is 10.8. The van der Waals surface area contributed by atoms with Crippen LogP contribution in [0.4, 0.5) is 5.82 Å². The van der Waals surface area contributed by atoms with Crippen LogP contribution < -0.4 is 14.4 Å². The lowest BCUT2D eigenvalue weighted by atomic mass is 10.2. The van der Waals surface area contributed by atoms with Gasteiger partial charge in [-0.05, 0) is 42.8 Å². The van der Waals surface area contributed by atoms with Gasteiger partial charge in [0.2, 0.25) is 10.0 Å². The molecule has 1 fully saturated rings. The Morgan fingerprint density at radius 2 is 1.72 bits per heavy atom. The van der Waals surface area contributed by atoms with Gasteiger partial charge in [0, 0.05) is 31.7 Å². The maximum atomic E-state index is 12.1. The van der Waals surface area contributed by atoms with Gasteiger partial charge in [0.15, 0.2) is 17.1 Å². The van der Waals surface area contributed by atoms with Gasteiger partial charge in [0.05, 0.1) is 18.4 Å². The predicted molar refractivity (Wildman–Crippen MR) is 140 cm³/mol.